The van der Waals surface area contributed by atoms with Gasteiger partial charge in [-0.15, -0.1) is 0 Å². The lowest BCUT2D eigenvalue weighted by Crippen LogP contribution is -2.47. The summed E-state index contributed by atoms with van der Waals surface area (Å²) in [7, 11) is 0. The van der Waals surface area contributed by atoms with Gasteiger partial charge in [-0.2, -0.15) is 0 Å². The third kappa shape index (κ3) is 2.73. The summed E-state index contributed by atoms with van der Waals surface area (Å²) in [4.78, 5) is 7.06. The number of hydrogen-bond acceptors (Lipinski definition) is 2. The molecular weight excluding hydrogens is 236 g/mol. The number of fused-ring (bicyclic) bond motifs is 1. The number of nitrogens with one attached hydrogen (secondary N) is 1. The highest BCUT2D eigenvalue weighted by atomic mass is 15.4. The molecule has 0 amide bonds. The normalized spacial score (nSPS) is 20.5. The van der Waals surface area contributed by atoms with Crippen LogP contribution in [0.1, 0.15) is 36.8 Å². The molecule has 1 fully saturated rings. The molecule has 1 saturated carbocycles. The van der Waals surface area contributed by atoms with Crippen molar-refractivity contribution < 1.29 is 0 Å². The molecule has 1 aliphatic carbocycles. The molecule has 0 bridgehead atoms. The molecule has 0 aromatic heterocycles. The highest BCUT2D eigenvalue weighted by Crippen LogP contribution is 2.22. The van der Waals surface area contributed by atoms with Gasteiger partial charge in [0.05, 0.1) is 6.04 Å². The van der Waals surface area contributed by atoms with E-state index in [-0.39, 0.29) is 0 Å². The van der Waals surface area contributed by atoms with Crippen molar-refractivity contribution in [2.45, 2.75) is 44.7 Å². The third-order valence-electron chi connectivity index (χ3n) is 4.19. The van der Waals surface area contributed by atoms with Gasteiger partial charge in [0.25, 0.3) is 0 Å². The van der Waals surface area contributed by atoms with Crippen LogP contribution < -0.4 is 11.3 Å². The van der Waals surface area contributed by atoms with Crippen molar-refractivity contribution in [2.24, 2.45) is 10.8 Å². The largest absolute Gasteiger partial charge is 0.337 e. The molecule has 4 nitrogen and oxygen atoms in total. The first-order valence-corrected chi connectivity index (χ1v) is 7.23. The van der Waals surface area contributed by atoms with E-state index in [0.29, 0.717) is 6.04 Å². The van der Waals surface area contributed by atoms with Gasteiger partial charge in [-0.25, -0.2) is 10.8 Å². The van der Waals surface area contributed by atoms with Gasteiger partial charge in [0, 0.05) is 13.1 Å². The Hall–Kier alpha value is -1.55. The van der Waals surface area contributed by atoms with E-state index in [0.717, 1.165) is 25.5 Å². The molecule has 0 unspecified atom stereocenters. The van der Waals surface area contributed by atoms with E-state index in [1.165, 1.54) is 36.8 Å². The van der Waals surface area contributed by atoms with Crippen molar-refractivity contribution in [2.75, 3.05) is 6.54 Å². The zero-order valence-electron chi connectivity index (χ0n) is 11.3. The number of benzene rings is 1. The smallest absolute Gasteiger partial charge is 0.208 e. The minimum Gasteiger partial charge on any atom is -0.337 e. The highest BCUT2D eigenvalue weighted by Gasteiger charge is 2.21. The predicted molar refractivity (Wildman–Crippen MR) is 77.6 cm³/mol. The van der Waals surface area contributed by atoms with Crippen molar-refractivity contribution in [1.29, 1.82) is 0 Å². The fourth-order valence-electron chi connectivity index (χ4n) is 3.09. The molecule has 19 heavy (non-hydrogen) atoms. The summed E-state index contributed by atoms with van der Waals surface area (Å²) < 4.78 is 0. The molecule has 102 valence electrons. The van der Waals surface area contributed by atoms with Crippen LogP contribution in [0.5, 0.6) is 0 Å². The number of nitrogens with two attached hydrogens (primary N) is 1. The monoisotopic (exact) mass is 258 g/mol. The fraction of sp³-hybridized carbons (Fsp3) is 0.533. The van der Waals surface area contributed by atoms with Gasteiger partial charge < -0.3 is 4.90 Å². The summed E-state index contributed by atoms with van der Waals surface area (Å²) in [5, 5.41) is 0. The molecule has 3 N–H and O–H groups in total. The SMILES string of the molecule is NNC(=NC1CCCC1)N1CCc2ccccc2C1. The molecule has 3 rings (SSSR count). The van der Waals surface area contributed by atoms with Crippen LogP contribution in [0.2, 0.25) is 0 Å². The first kappa shape index (κ1) is 12.5. The Morgan fingerprint density at radius 3 is 2.68 bits per heavy atom. The Morgan fingerprint density at radius 2 is 1.95 bits per heavy atom. The van der Waals surface area contributed by atoms with Crippen LogP contribution in [0.4, 0.5) is 0 Å². The number of guanidine groups is 1. The average Bonchev–Trinajstić information content (AvgIpc) is 2.97. The lowest BCUT2D eigenvalue weighted by Gasteiger charge is -2.31. The fourth-order valence-corrected chi connectivity index (χ4v) is 3.09. The maximum Gasteiger partial charge on any atom is 0.208 e. The second-order valence-corrected chi connectivity index (χ2v) is 5.48. The van der Waals surface area contributed by atoms with Gasteiger partial charge in [0.1, 0.15) is 0 Å². The average molecular weight is 258 g/mol. The molecule has 1 aromatic rings. The quantitative estimate of drug-likeness (QED) is 0.349. The van der Waals surface area contributed by atoms with Crippen molar-refractivity contribution in [3.63, 3.8) is 0 Å². The van der Waals surface area contributed by atoms with Crippen molar-refractivity contribution in [1.82, 2.24) is 10.3 Å². The summed E-state index contributed by atoms with van der Waals surface area (Å²) in [6.07, 6.45) is 6.08. The molecule has 1 aliphatic heterocycles. The first-order valence-electron chi connectivity index (χ1n) is 7.23. The second kappa shape index (κ2) is 5.61. The van der Waals surface area contributed by atoms with Crippen LogP contribution in [0.25, 0.3) is 0 Å². The van der Waals surface area contributed by atoms with Crippen LogP contribution in [0.15, 0.2) is 29.3 Å². The van der Waals surface area contributed by atoms with E-state index < -0.39 is 0 Å². The third-order valence-corrected chi connectivity index (χ3v) is 4.19. The Kier molecular flexibility index (Phi) is 3.69. The van der Waals surface area contributed by atoms with Gasteiger partial charge in [0.2, 0.25) is 5.96 Å². The maximum absolute atomic E-state index is 5.68. The minimum absolute atomic E-state index is 0.461. The summed E-state index contributed by atoms with van der Waals surface area (Å²) in [6, 6.07) is 9.10. The van der Waals surface area contributed by atoms with Crippen molar-refractivity contribution >= 4 is 5.96 Å². The van der Waals surface area contributed by atoms with E-state index in [9.17, 15) is 0 Å². The van der Waals surface area contributed by atoms with E-state index >= 15 is 0 Å². The maximum atomic E-state index is 5.68. The van der Waals surface area contributed by atoms with E-state index in [4.69, 9.17) is 10.8 Å². The summed E-state index contributed by atoms with van der Waals surface area (Å²) in [6.45, 7) is 1.90. The number of nitrogens with zero attached hydrogens (tertiary/aromatic N) is 2. The zero-order valence-corrected chi connectivity index (χ0v) is 11.3. The molecular formula is C15H22N4. The summed E-state index contributed by atoms with van der Waals surface area (Å²) in [5.74, 6) is 6.54. The van der Waals surface area contributed by atoms with E-state index in [2.05, 4.69) is 34.6 Å². The van der Waals surface area contributed by atoms with Crippen LogP contribution in [0.3, 0.4) is 0 Å². The van der Waals surface area contributed by atoms with Crippen molar-refractivity contribution in [3.05, 3.63) is 35.4 Å². The lowest BCUT2D eigenvalue weighted by atomic mass is 10.0. The van der Waals surface area contributed by atoms with Gasteiger partial charge in [-0.05, 0) is 30.4 Å². The standard InChI is InChI=1S/C15H22N4/c16-18-15(17-14-7-3-4-8-14)19-10-9-12-5-1-2-6-13(12)11-19/h1-2,5-6,14H,3-4,7-11,16H2,(H,17,18). The van der Waals surface area contributed by atoms with E-state index in [1.54, 1.807) is 0 Å². The van der Waals surface area contributed by atoms with Crippen LogP contribution in [-0.4, -0.2) is 23.4 Å². The van der Waals surface area contributed by atoms with Crippen LogP contribution in [0, 0.1) is 0 Å². The predicted octanol–water partition coefficient (Wildman–Crippen LogP) is 1.81. The number of aliphatic imine (C=N–C) groups is 1. The molecule has 0 spiro atoms. The van der Waals surface area contributed by atoms with E-state index in [1.807, 2.05) is 0 Å². The second-order valence-electron chi connectivity index (χ2n) is 5.48. The topological polar surface area (TPSA) is 53.6 Å². The Balaban J connectivity index is 1.75. The molecule has 0 atom stereocenters. The Labute approximate surface area is 114 Å². The zero-order chi connectivity index (χ0) is 13.1. The van der Waals surface area contributed by atoms with Crippen molar-refractivity contribution in [3.8, 4) is 0 Å². The number of hydrogen-bond donors (Lipinski definition) is 2. The van der Waals surface area contributed by atoms with Gasteiger partial charge >= 0.3 is 0 Å². The summed E-state index contributed by atoms with van der Waals surface area (Å²) in [5.41, 5.74) is 5.65. The molecule has 0 saturated heterocycles. The van der Waals surface area contributed by atoms with Crippen LogP contribution >= 0.6 is 0 Å². The Morgan fingerprint density at radius 1 is 1.21 bits per heavy atom. The number of hydrazine groups is 1. The summed E-state index contributed by atoms with van der Waals surface area (Å²) >= 11 is 0. The molecule has 0 radical (unpaired) electrons. The molecule has 1 aromatic carbocycles. The van der Waals surface area contributed by atoms with Crippen LogP contribution in [-0.2, 0) is 13.0 Å². The van der Waals surface area contributed by atoms with Gasteiger partial charge in [0.15, 0.2) is 0 Å². The molecule has 1 heterocycles. The highest BCUT2D eigenvalue weighted by molar-refractivity contribution is 5.80. The lowest BCUT2D eigenvalue weighted by molar-refractivity contribution is 0.376. The van der Waals surface area contributed by atoms with Gasteiger partial charge in [-0.3, -0.25) is 5.43 Å². The number of rotatable bonds is 1. The first-order chi connectivity index (χ1) is 9.36. The minimum atomic E-state index is 0.461. The van der Waals surface area contributed by atoms with Gasteiger partial charge in [-0.1, -0.05) is 37.1 Å². The molecule has 2 aliphatic rings. The Bertz CT molecular complexity index is 463. The molecule has 4 heteroatoms.